The lowest BCUT2D eigenvalue weighted by atomic mass is 10.2. The maximum absolute atomic E-state index is 4.60. The summed E-state index contributed by atoms with van der Waals surface area (Å²) < 4.78 is 0. The highest BCUT2D eigenvalue weighted by atomic mass is 32.2. The van der Waals surface area contributed by atoms with Crippen LogP contribution in [-0.2, 0) is 6.54 Å². The van der Waals surface area contributed by atoms with E-state index >= 15 is 0 Å². The minimum atomic E-state index is 0.801. The monoisotopic (exact) mass is 284 g/mol. The van der Waals surface area contributed by atoms with Crippen molar-refractivity contribution in [3.05, 3.63) is 47.7 Å². The van der Waals surface area contributed by atoms with Crippen molar-refractivity contribution in [2.75, 3.05) is 7.05 Å². The molecule has 0 unspecified atom stereocenters. The van der Waals surface area contributed by atoms with E-state index in [-0.39, 0.29) is 0 Å². The number of rotatable bonds is 4. The Bertz CT molecular complexity index is 736. The number of benzene rings is 1. The number of hydrogen-bond donors (Lipinski definition) is 2. The average Bonchev–Trinajstić information content (AvgIpc) is 2.82. The van der Waals surface area contributed by atoms with E-state index in [4.69, 9.17) is 0 Å². The highest BCUT2D eigenvalue weighted by Crippen LogP contribution is 2.28. The van der Waals surface area contributed by atoms with Gasteiger partial charge in [0.25, 0.3) is 0 Å². The Morgan fingerprint density at radius 1 is 1.30 bits per heavy atom. The van der Waals surface area contributed by atoms with Crippen LogP contribution < -0.4 is 5.32 Å². The van der Waals surface area contributed by atoms with Crippen molar-refractivity contribution in [3.8, 4) is 0 Å². The quantitative estimate of drug-likeness (QED) is 0.773. The number of aryl methyl sites for hydroxylation is 1. The first kappa shape index (κ1) is 13.1. The zero-order valence-electron chi connectivity index (χ0n) is 11.5. The van der Waals surface area contributed by atoms with Gasteiger partial charge in [-0.2, -0.15) is 0 Å². The molecule has 102 valence electrons. The zero-order valence-corrected chi connectivity index (χ0v) is 12.3. The first-order valence-corrected chi connectivity index (χ1v) is 7.30. The van der Waals surface area contributed by atoms with Gasteiger partial charge in [-0.1, -0.05) is 12.1 Å². The van der Waals surface area contributed by atoms with Gasteiger partial charge >= 0.3 is 0 Å². The molecule has 0 radical (unpaired) electrons. The predicted molar refractivity (Wildman–Crippen MR) is 82.0 cm³/mol. The van der Waals surface area contributed by atoms with E-state index < -0.39 is 0 Å². The van der Waals surface area contributed by atoms with Crippen LogP contribution >= 0.6 is 11.8 Å². The number of aromatic amines is 1. The number of hydrogen-bond acceptors (Lipinski definition) is 4. The number of H-pyrrole nitrogens is 1. The Morgan fingerprint density at radius 3 is 3.05 bits per heavy atom. The van der Waals surface area contributed by atoms with Crippen molar-refractivity contribution < 1.29 is 0 Å². The lowest BCUT2D eigenvalue weighted by molar-refractivity contribution is 0.789. The summed E-state index contributed by atoms with van der Waals surface area (Å²) in [5.41, 5.74) is 4.46. The molecule has 3 aromatic rings. The highest BCUT2D eigenvalue weighted by Gasteiger charge is 2.09. The number of nitrogens with one attached hydrogen (secondary N) is 2. The van der Waals surface area contributed by atoms with Crippen LogP contribution in [0.1, 0.15) is 11.1 Å². The fourth-order valence-electron chi connectivity index (χ4n) is 2.08. The third-order valence-electron chi connectivity index (χ3n) is 3.03. The van der Waals surface area contributed by atoms with Crippen LogP contribution in [0.25, 0.3) is 11.0 Å². The molecule has 2 aromatic heterocycles. The van der Waals surface area contributed by atoms with Crippen molar-refractivity contribution in [2.24, 2.45) is 0 Å². The Balaban J connectivity index is 1.93. The maximum Gasteiger partial charge on any atom is 0.172 e. The molecule has 20 heavy (non-hydrogen) atoms. The van der Waals surface area contributed by atoms with Crippen molar-refractivity contribution >= 4 is 22.8 Å². The van der Waals surface area contributed by atoms with E-state index in [9.17, 15) is 0 Å². The van der Waals surface area contributed by atoms with Crippen LogP contribution in [0.3, 0.4) is 0 Å². The van der Waals surface area contributed by atoms with Gasteiger partial charge in [-0.3, -0.25) is 0 Å². The summed E-state index contributed by atoms with van der Waals surface area (Å²) in [7, 11) is 1.94. The third kappa shape index (κ3) is 2.69. The van der Waals surface area contributed by atoms with E-state index in [2.05, 4.69) is 45.4 Å². The van der Waals surface area contributed by atoms with E-state index in [0.717, 1.165) is 27.8 Å². The molecular weight excluding hydrogens is 268 g/mol. The molecule has 3 rings (SSSR count). The molecule has 0 spiro atoms. The second-order valence-corrected chi connectivity index (χ2v) is 5.64. The maximum atomic E-state index is 4.60. The van der Waals surface area contributed by atoms with Crippen molar-refractivity contribution in [1.29, 1.82) is 0 Å². The van der Waals surface area contributed by atoms with Gasteiger partial charge in [0.1, 0.15) is 5.03 Å². The highest BCUT2D eigenvalue weighted by molar-refractivity contribution is 7.99. The summed E-state index contributed by atoms with van der Waals surface area (Å²) in [4.78, 5) is 12.4. The van der Waals surface area contributed by atoms with Crippen molar-refractivity contribution in [3.63, 3.8) is 0 Å². The SMILES string of the molecule is CNCc1cccnc1Sc1nc2ccc(C)cc2[nH]1. The summed E-state index contributed by atoms with van der Waals surface area (Å²) >= 11 is 1.57. The molecule has 0 amide bonds. The molecule has 0 saturated carbocycles. The minimum absolute atomic E-state index is 0.801. The standard InChI is InChI=1S/C15H16N4S/c1-10-5-6-12-13(8-10)19-15(18-12)20-14-11(9-16-2)4-3-7-17-14/h3-8,16H,9H2,1-2H3,(H,18,19). The molecule has 0 saturated heterocycles. The number of fused-ring (bicyclic) bond motifs is 1. The van der Waals surface area contributed by atoms with Crippen LogP contribution in [0.2, 0.25) is 0 Å². The molecule has 5 heteroatoms. The lowest BCUT2D eigenvalue weighted by Gasteiger charge is -2.05. The fraction of sp³-hybridized carbons (Fsp3) is 0.200. The van der Waals surface area contributed by atoms with Gasteiger partial charge in [-0.15, -0.1) is 0 Å². The van der Waals surface area contributed by atoms with Crippen molar-refractivity contribution in [1.82, 2.24) is 20.3 Å². The van der Waals surface area contributed by atoms with Crippen LogP contribution in [0, 0.1) is 6.92 Å². The van der Waals surface area contributed by atoms with E-state index in [1.807, 2.05) is 25.4 Å². The largest absolute Gasteiger partial charge is 0.333 e. The molecular formula is C15H16N4S. The molecule has 0 bridgehead atoms. The van der Waals surface area contributed by atoms with Crippen molar-refractivity contribution in [2.45, 2.75) is 23.7 Å². The van der Waals surface area contributed by atoms with Crippen LogP contribution in [0.15, 0.2) is 46.7 Å². The Kier molecular flexibility index (Phi) is 3.71. The lowest BCUT2D eigenvalue weighted by Crippen LogP contribution is -2.06. The van der Waals surface area contributed by atoms with E-state index in [0.29, 0.717) is 0 Å². The number of nitrogens with zero attached hydrogens (tertiary/aromatic N) is 2. The van der Waals surface area contributed by atoms with Gasteiger partial charge < -0.3 is 10.3 Å². The Morgan fingerprint density at radius 2 is 2.20 bits per heavy atom. The predicted octanol–water partition coefficient (Wildman–Crippen LogP) is 3.14. The molecule has 0 aliphatic rings. The molecule has 0 atom stereocenters. The fourth-order valence-corrected chi connectivity index (χ4v) is 2.95. The molecule has 0 aliphatic carbocycles. The van der Waals surface area contributed by atoms with E-state index in [1.165, 1.54) is 11.1 Å². The first-order valence-electron chi connectivity index (χ1n) is 6.49. The first-order chi connectivity index (χ1) is 9.76. The minimum Gasteiger partial charge on any atom is -0.333 e. The molecule has 2 N–H and O–H groups in total. The van der Waals surface area contributed by atoms with Gasteiger partial charge in [-0.25, -0.2) is 9.97 Å². The van der Waals surface area contributed by atoms with E-state index in [1.54, 1.807) is 11.8 Å². The third-order valence-corrected chi connectivity index (χ3v) is 3.97. The number of aromatic nitrogens is 3. The summed E-state index contributed by atoms with van der Waals surface area (Å²) in [5, 5.41) is 5.02. The van der Waals surface area contributed by atoms with Crippen LogP contribution in [0.4, 0.5) is 0 Å². The average molecular weight is 284 g/mol. The Hall–Kier alpha value is -1.85. The van der Waals surface area contributed by atoms with Gasteiger partial charge in [0.2, 0.25) is 0 Å². The second kappa shape index (κ2) is 5.64. The van der Waals surface area contributed by atoms with Crippen LogP contribution in [0.5, 0.6) is 0 Å². The summed E-state index contributed by atoms with van der Waals surface area (Å²) in [6.07, 6.45) is 1.81. The second-order valence-electron chi connectivity index (χ2n) is 4.66. The molecule has 0 fully saturated rings. The topological polar surface area (TPSA) is 53.6 Å². The van der Waals surface area contributed by atoms with Crippen LogP contribution in [-0.4, -0.2) is 22.0 Å². The van der Waals surface area contributed by atoms with Gasteiger partial charge in [0.15, 0.2) is 5.16 Å². The summed E-state index contributed by atoms with van der Waals surface area (Å²) in [5.74, 6) is 0. The zero-order chi connectivity index (χ0) is 13.9. The number of imidazole rings is 1. The normalized spacial score (nSPS) is 11.1. The molecule has 4 nitrogen and oxygen atoms in total. The van der Waals surface area contributed by atoms with Gasteiger partial charge in [0.05, 0.1) is 11.0 Å². The summed E-state index contributed by atoms with van der Waals surface area (Å²) in [6.45, 7) is 2.88. The smallest absolute Gasteiger partial charge is 0.172 e. The van der Waals surface area contributed by atoms with Gasteiger partial charge in [0, 0.05) is 12.7 Å². The Labute approximate surface area is 122 Å². The summed E-state index contributed by atoms with van der Waals surface area (Å²) in [6, 6.07) is 10.3. The van der Waals surface area contributed by atoms with Gasteiger partial charge in [-0.05, 0) is 55.1 Å². The molecule has 0 aliphatic heterocycles. The molecule has 2 heterocycles. The number of pyridine rings is 1. The molecule has 1 aromatic carbocycles.